The SMILES string of the molecule is CCn1c(SCC(=O)c2cc(C)n(CCc3ccc(F)cc3)c2C)nnc1-c1ccccc1. The largest absolute Gasteiger partial charge is 0.348 e. The molecule has 5 nitrogen and oxygen atoms in total. The predicted molar refractivity (Wildman–Crippen MR) is 130 cm³/mol. The number of benzene rings is 2. The van der Waals surface area contributed by atoms with E-state index in [1.807, 2.05) is 54.8 Å². The van der Waals surface area contributed by atoms with Crippen molar-refractivity contribution >= 4 is 17.5 Å². The maximum absolute atomic E-state index is 13.1. The molecule has 0 saturated heterocycles. The first-order chi connectivity index (χ1) is 16.0. The number of carbonyl (C=O) groups is 1. The number of ketones is 1. The van der Waals surface area contributed by atoms with Crippen LogP contribution in [0.1, 0.15) is 34.2 Å². The Morgan fingerprint density at radius 2 is 1.73 bits per heavy atom. The average molecular weight is 463 g/mol. The fourth-order valence-electron chi connectivity index (χ4n) is 4.01. The Balaban J connectivity index is 1.44. The first-order valence-corrected chi connectivity index (χ1v) is 12.0. The second-order valence-corrected chi connectivity index (χ2v) is 8.88. The molecule has 33 heavy (non-hydrogen) atoms. The first kappa shape index (κ1) is 23.0. The van der Waals surface area contributed by atoms with Gasteiger partial charge in [-0.3, -0.25) is 4.79 Å². The van der Waals surface area contributed by atoms with Crippen LogP contribution in [0, 0.1) is 19.7 Å². The van der Waals surface area contributed by atoms with Gasteiger partial charge in [-0.2, -0.15) is 0 Å². The lowest BCUT2D eigenvalue weighted by molar-refractivity contribution is 0.102. The van der Waals surface area contributed by atoms with Crippen LogP contribution in [0.4, 0.5) is 4.39 Å². The number of rotatable bonds is 9. The molecule has 4 rings (SSSR count). The minimum atomic E-state index is -0.229. The highest BCUT2D eigenvalue weighted by molar-refractivity contribution is 7.99. The maximum atomic E-state index is 13.1. The molecule has 0 saturated carbocycles. The van der Waals surface area contributed by atoms with E-state index in [-0.39, 0.29) is 11.6 Å². The second-order valence-electron chi connectivity index (χ2n) is 7.94. The molecule has 0 unspecified atom stereocenters. The predicted octanol–water partition coefficient (Wildman–Crippen LogP) is 5.74. The summed E-state index contributed by atoms with van der Waals surface area (Å²) in [5.41, 5.74) is 4.83. The molecular formula is C26H27FN4OS. The summed E-state index contributed by atoms with van der Waals surface area (Å²) in [5, 5.41) is 9.44. The standard InChI is InChI=1S/C26H27FN4OS/c1-4-30-25(21-8-6-5-7-9-21)28-29-26(30)33-17-24(32)23-16-18(2)31(19(23)3)15-14-20-10-12-22(27)13-11-20/h5-13,16H,4,14-15,17H2,1-3H3. The van der Waals surface area contributed by atoms with Gasteiger partial charge < -0.3 is 9.13 Å². The second kappa shape index (κ2) is 10.2. The van der Waals surface area contributed by atoms with E-state index in [4.69, 9.17) is 0 Å². The lowest BCUT2D eigenvalue weighted by atomic mass is 10.1. The number of nitrogens with zero attached hydrogens (tertiary/aromatic N) is 4. The zero-order valence-corrected chi connectivity index (χ0v) is 19.9. The molecule has 0 fully saturated rings. The summed E-state index contributed by atoms with van der Waals surface area (Å²) >= 11 is 1.42. The number of aryl methyl sites for hydroxylation is 2. The van der Waals surface area contributed by atoms with Crippen LogP contribution < -0.4 is 0 Å². The maximum Gasteiger partial charge on any atom is 0.191 e. The average Bonchev–Trinajstić information content (AvgIpc) is 3.37. The molecule has 0 N–H and O–H groups in total. The van der Waals surface area contributed by atoms with Crippen molar-refractivity contribution in [2.24, 2.45) is 0 Å². The van der Waals surface area contributed by atoms with Crippen LogP contribution in [-0.2, 0) is 19.5 Å². The summed E-state index contributed by atoms with van der Waals surface area (Å²) in [6, 6.07) is 18.5. The van der Waals surface area contributed by atoms with Gasteiger partial charge in [0.1, 0.15) is 5.82 Å². The van der Waals surface area contributed by atoms with E-state index >= 15 is 0 Å². The van der Waals surface area contributed by atoms with Gasteiger partial charge in [-0.05, 0) is 51.0 Å². The van der Waals surface area contributed by atoms with Crippen LogP contribution >= 0.6 is 11.8 Å². The summed E-state index contributed by atoms with van der Waals surface area (Å²) in [7, 11) is 0. The van der Waals surface area contributed by atoms with E-state index in [2.05, 4.69) is 21.7 Å². The molecule has 7 heteroatoms. The van der Waals surface area contributed by atoms with Gasteiger partial charge in [-0.1, -0.05) is 54.2 Å². The van der Waals surface area contributed by atoms with Gasteiger partial charge in [0.25, 0.3) is 0 Å². The van der Waals surface area contributed by atoms with Gasteiger partial charge in [-0.15, -0.1) is 10.2 Å². The van der Waals surface area contributed by atoms with Crippen LogP contribution in [0.2, 0.25) is 0 Å². The highest BCUT2D eigenvalue weighted by atomic mass is 32.2. The molecule has 2 aromatic carbocycles. The fourth-order valence-corrected chi connectivity index (χ4v) is 4.89. The summed E-state index contributed by atoms with van der Waals surface area (Å²) in [5.74, 6) is 0.960. The minimum absolute atomic E-state index is 0.0769. The summed E-state index contributed by atoms with van der Waals surface area (Å²) in [6.07, 6.45) is 0.779. The molecule has 0 aliphatic rings. The Bertz CT molecular complexity index is 1250. The third kappa shape index (κ3) is 5.09. The van der Waals surface area contributed by atoms with Crippen molar-refractivity contribution in [3.05, 3.63) is 89.0 Å². The number of halogens is 1. The van der Waals surface area contributed by atoms with Gasteiger partial charge in [0, 0.05) is 35.6 Å². The van der Waals surface area contributed by atoms with E-state index in [1.165, 1.54) is 23.9 Å². The van der Waals surface area contributed by atoms with Crippen molar-refractivity contribution in [2.45, 2.75) is 45.4 Å². The molecule has 4 aromatic rings. The third-order valence-electron chi connectivity index (χ3n) is 5.81. The number of carbonyl (C=O) groups excluding carboxylic acids is 1. The molecule has 0 aliphatic carbocycles. The van der Waals surface area contributed by atoms with E-state index in [1.54, 1.807) is 12.1 Å². The van der Waals surface area contributed by atoms with Crippen LogP contribution in [0.5, 0.6) is 0 Å². The highest BCUT2D eigenvalue weighted by Crippen LogP contribution is 2.25. The lowest BCUT2D eigenvalue weighted by Crippen LogP contribution is -2.09. The monoisotopic (exact) mass is 462 g/mol. The summed E-state index contributed by atoms with van der Waals surface area (Å²) in [4.78, 5) is 13.1. The minimum Gasteiger partial charge on any atom is -0.348 e. The van der Waals surface area contributed by atoms with Crippen LogP contribution in [0.15, 0.2) is 65.8 Å². The fraction of sp³-hybridized carbons (Fsp3) is 0.269. The molecular weight excluding hydrogens is 435 g/mol. The highest BCUT2D eigenvalue weighted by Gasteiger charge is 2.19. The molecule has 0 bridgehead atoms. The summed E-state index contributed by atoms with van der Waals surface area (Å²) in [6.45, 7) is 7.52. The summed E-state index contributed by atoms with van der Waals surface area (Å²) < 4.78 is 17.3. The molecule has 2 heterocycles. The Kier molecular flexibility index (Phi) is 7.08. The number of hydrogen-bond acceptors (Lipinski definition) is 4. The van der Waals surface area contributed by atoms with Crippen molar-refractivity contribution in [3.63, 3.8) is 0 Å². The Morgan fingerprint density at radius 3 is 2.42 bits per heavy atom. The molecule has 0 amide bonds. The molecule has 2 aromatic heterocycles. The number of Topliss-reactive ketones (excluding diaryl/α,β-unsaturated/α-hetero) is 1. The smallest absolute Gasteiger partial charge is 0.191 e. The molecule has 0 aliphatic heterocycles. The van der Waals surface area contributed by atoms with Crippen molar-refractivity contribution in [3.8, 4) is 11.4 Å². The zero-order valence-electron chi connectivity index (χ0n) is 19.1. The van der Waals surface area contributed by atoms with Crippen molar-refractivity contribution in [2.75, 3.05) is 5.75 Å². The quantitative estimate of drug-likeness (QED) is 0.235. The first-order valence-electron chi connectivity index (χ1n) is 11.0. The number of aromatic nitrogens is 4. The molecule has 0 spiro atoms. The normalized spacial score (nSPS) is 11.2. The van der Waals surface area contributed by atoms with E-state index < -0.39 is 0 Å². The van der Waals surface area contributed by atoms with Crippen LogP contribution in [-0.4, -0.2) is 30.9 Å². The van der Waals surface area contributed by atoms with Gasteiger partial charge >= 0.3 is 0 Å². The molecule has 0 radical (unpaired) electrons. The Hall–Kier alpha value is -3.19. The van der Waals surface area contributed by atoms with Gasteiger partial charge in [-0.25, -0.2) is 4.39 Å². The van der Waals surface area contributed by atoms with Gasteiger partial charge in [0.05, 0.1) is 5.75 Å². The molecule has 170 valence electrons. The van der Waals surface area contributed by atoms with Crippen molar-refractivity contribution in [1.29, 1.82) is 0 Å². The van der Waals surface area contributed by atoms with Crippen LogP contribution in [0.3, 0.4) is 0 Å². The topological polar surface area (TPSA) is 52.7 Å². The zero-order chi connectivity index (χ0) is 23.4. The van der Waals surface area contributed by atoms with Crippen molar-refractivity contribution in [1.82, 2.24) is 19.3 Å². The number of thioether (sulfide) groups is 1. The van der Waals surface area contributed by atoms with E-state index in [0.717, 1.165) is 58.6 Å². The van der Waals surface area contributed by atoms with E-state index in [9.17, 15) is 9.18 Å². The van der Waals surface area contributed by atoms with E-state index in [0.29, 0.717) is 5.75 Å². The Labute approximate surface area is 197 Å². The molecule has 0 atom stereocenters. The third-order valence-corrected chi connectivity index (χ3v) is 6.78. The van der Waals surface area contributed by atoms with Gasteiger partial charge in [0.15, 0.2) is 16.8 Å². The van der Waals surface area contributed by atoms with Crippen LogP contribution in [0.25, 0.3) is 11.4 Å². The van der Waals surface area contributed by atoms with Gasteiger partial charge in [0.2, 0.25) is 0 Å². The Morgan fingerprint density at radius 1 is 1.00 bits per heavy atom. The number of hydrogen-bond donors (Lipinski definition) is 0. The van der Waals surface area contributed by atoms with Crippen molar-refractivity contribution < 1.29 is 9.18 Å². The lowest BCUT2D eigenvalue weighted by Gasteiger charge is -2.10.